The van der Waals surface area contributed by atoms with Crippen molar-refractivity contribution in [2.45, 2.75) is 18.6 Å². The number of rotatable bonds is 3. The minimum absolute atomic E-state index is 0.117. The van der Waals surface area contributed by atoms with Gasteiger partial charge in [-0.1, -0.05) is 18.2 Å². The maximum Gasteiger partial charge on any atom is 0.256 e. The van der Waals surface area contributed by atoms with E-state index in [0.29, 0.717) is 30.8 Å². The highest BCUT2D eigenvalue weighted by Crippen LogP contribution is 2.30. The Morgan fingerprint density at radius 2 is 2.20 bits per heavy atom. The number of carbonyl (C=O) groups excluding carboxylic acids is 2. The molecular formula is C15H16N2O3. The number of amides is 2. The van der Waals surface area contributed by atoms with Gasteiger partial charge >= 0.3 is 0 Å². The maximum atomic E-state index is 12.5. The first-order valence-corrected chi connectivity index (χ1v) is 6.65. The largest absolute Gasteiger partial charge is 0.371 e. The predicted octanol–water partition coefficient (Wildman–Crippen LogP) is 1.42. The molecule has 0 bridgehead atoms. The number of carbonyl (C=O) groups is 2. The molecule has 1 fully saturated rings. The van der Waals surface area contributed by atoms with Crippen LogP contribution < -0.4 is 5.32 Å². The van der Waals surface area contributed by atoms with Crippen molar-refractivity contribution in [2.75, 3.05) is 18.5 Å². The SMILES string of the molecule is C=CCO[C@H]1CCN2C(=O)c3ccccc3NC(=O)[C@H]12. The Morgan fingerprint density at radius 3 is 3.00 bits per heavy atom. The molecular weight excluding hydrogens is 256 g/mol. The average molecular weight is 272 g/mol. The van der Waals surface area contributed by atoms with Crippen LogP contribution in [0.15, 0.2) is 36.9 Å². The molecule has 0 saturated carbocycles. The van der Waals surface area contributed by atoms with Gasteiger partial charge in [0.15, 0.2) is 0 Å². The van der Waals surface area contributed by atoms with E-state index in [1.54, 1.807) is 35.2 Å². The molecule has 1 saturated heterocycles. The Morgan fingerprint density at radius 1 is 1.40 bits per heavy atom. The summed E-state index contributed by atoms with van der Waals surface area (Å²) in [4.78, 5) is 26.5. The molecule has 2 aliphatic rings. The van der Waals surface area contributed by atoms with E-state index in [2.05, 4.69) is 11.9 Å². The van der Waals surface area contributed by atoms with Crippen molar-refractivity contribution >= 4 is 17.5 Å². The highest BCUT2D eigenvalue weighted by atomic mass is 16.5. The third-order valence-corrected chi connectivity index (χ3v) is 3.72. The summed E-state index contributed by atoms with van der Waals surface area (Å²) in [6, 6.07) is 6.51. The third-order valence-electron chi connectivity index (χ3n) is 3.72. The Bertz CT molecular complexity index is 570. The first-order valence-electron chi connectivity index (χ1n) is 6.65. The number of nitrogens with zero attached hydrogens (tertiary/aromatic N) is 1. The van der Waals surface area contributed by atoms with Gasteiger partial charge in [0.1, 0.15) is 6.04 Å². The van der Waals surface area contributed by atoms with E-state index < -0.39 is 6.04 Å². The van der Waals surface area contributed by atoms with Crippen molar-refractivity contribution < 1.29 is 14.3 Å². The molecule has 5 nitrogen and oxygen atoms in total. The molecule has 2 atom stereocenters. The summed E-state index contributed by atoms with van der Waals surface area (Å²) < 4.78 is 5.62. The zero-order chi connectivity index (χ0) is 14.1. The molecule has 1 N–H and O–H groups in total. The van der Waals surface area contributed by atoms with E-state index in [-0.39, 0.29) is 17.9 Å². The topological polar surface area (TPSA) is 58.6 Å². The van der Waals surface area contributed by atoms with Crippen LogP contribution in [0.3, 0.4) is 0 Å². The lowest BCUT2D eigenvalue weighted by Crippen LogP contribution is -2.46. The van der Waals surface area contributed by atoms with Crippen molar-refractivity contribution in [1.82, 2.24) is 4.90 Å². The van der Waals surface area contributed by atoms with Gasteiger partial charge in [-0.05, 0) is 18.6 Å². The van der Waals surface area contributed by atoms with Gasteiger partial charge in [0.2, 0.25) is 5.91 Å². The molecule has 1 aromatic rings. The molecule has 0 unspecified atom stereocenters. The monoisotopic (exact) mass is 272 g/mol. The van der Waals surface area contributed by atoms with Crippen LogP contribution in [0.2, 0.25) is 0 Å². The number of nitrogens with one attached hydrogen (secondary N) is 1. The normalized spacial score (nSPS) is 24.7. The molecule has 20 heavy (non-hydrogen) atoms. The van der Waals surface area contributed by atoms with Crippen molar-refractivity contribution in [2.24, 2.45) is 0 Å². The fraction of sp³-hybridized carbons (Fsp3) is 0.333. The summed E-state index contributed by atoms with van der Waals surface area (Å²) in [5.41, 5.74) is 1.10. The second kappa shape index (κ2) is 5.09. The van der Waals surface area contributed by atoms with Crippen molar-refractivity contribution in [3.63, 3.8) is 0 Å². The van der Waals surface area contributed by atoms with Crippen molar-refractivity contribution in [3.05, 3.63) is 42.5 Å². The predicted molar refractivity (Wildman–Crippen MR) is 74.5 cm³/mol. The van der Waals surface area contributed by atoms with E-state index >= 15 is 0 Å². The van der Waals surface area contributed by atoms with Gasteiger partial charge in [-0.2, -0.15) is 0 Å². The fourth-order valence-corrected chi connectivity index (χ4v) is 2.81. The molecule has 0 aromatic heterocycles. The zero-order valence-corrected chi connectivity index (χ0v) is 11.0. The van der Waals surface area contributed by atoms with Crippen molar-refractivity contribution in [1.29, 1.82) is 0 Å². The third kappa shape index (κ3) is 2.00. The van der Waals surface area contributed by atoms with Gasteiger partial charge in [-0.25, -0.2) is 0 Å². The van der Waals surface area contributed by atoms with Crippen LogP contribution in [0.25, 0.3) is 0 Å². The molecule has 2 amide bonds. The Kier molecular flexibility index (Phi) is 3.28. The van der Waals surface area contributed by atoms with Gasteiger partial charge in [0.05, 0.1) is 24.0 Å². The summed E-state index contributed by atoms with van der Waals surface area (Å²) >= 11 is 0. The quantitative estimate of drug-likeness (QED) is 0.847. The number of anilines is 1. The number of hydrogen-bond donors (Lipinski definition) is 1. The van der Waals surface area contributed by atoms with Crippen molar-refractivity contribution in [3.8, 4) is 0 Å². The maximum absolute atomic E-state index is 12.5. The molecule has 0 radical (unpaired) electrons. The van der Waals surface area contributed by atoms with Crippen LogP contribution in [0.1, 0.15) is 16.8 Å². The van der Waals surface area contributed by atoms with Crippen LogP contribution in [0.4, 0.5) is 5.69 Å². The highest BCUT2D eigenvalue weighted by molar-refractivity contribution is 6.10. The standard InChI is InChI=1S/C15H16N2O3/c1-2-9-20-12-7-8-17-13(12)14(18)16-11-6-4-3-5-10(11)15(17)19/h2-6,12-13H,1,7-9H2,(H,16,18)/t12-,13-/m0/s1. The van der Waals surface area contributed by atoms with E-state index in [9.17, 15) is 9.59 Å². The Balaban J connectivity index is 1.94. The molecule has 0 aliphatic carbocycles. The molecule has 1 aromatic carbocycles. The van der Waals surface area contributed by atoms with Crippen LogP contribution in [-0.2, 0) is 9.53 Å². The van der Waals surface area contributed by atoms with Gasteiger partial charge < -0.3 is 15.0 Å². The molecule has 2 aliphatic heterocycles. The lowest BCUT2D eigenvalue weighted by Gasteiger charge is -2.24. The van der Waals surface area contributed by atoms with Crippen LogP contribution in [-0.4, -0.2) is 42.0 Å². The molecule has 3 rings (SSSR count). The number of hydrogen-bond acceptors (Lipinski definition) is 3. The number of benzene rings is 1. The van der Waals surface area contributed by atoms with E-state index in [1.165, 1.54) is 0 Å². The van der Waals surface area contributed by atoms with Crippen LogP contribution in [0, 0.1) is 0 Å². The lowest BCUT2D eigenvalue weighted by molar-refractivity contribution is -0.122. The number of fused-ring (bicyclic) bond motifs is 2. The zero-order valence-electron chi connectivity index (χ0n) is 11.0. The summed E-state index contributed by atoms with van der Waals surface area (Å²) in [7, 11) is 0. The first-order chi connectivity index (χ1) is 9.72. The van der Waals surface area contributed by atoms with E-state index in [4.69, 9.17) is 4.74 Å². The minimum Gasteiger partial charge on any atom is -0.371 e. The van der Waals surface area contributed by atoms with Crippen LogP contribution >= 0.6 is 0 Å². The van der Waals surface area contributed by atoms with E-state index in [1.807, 2.05) is 0 Å². The summed E-state index contributed by atoms with van der Waals surface area (Å²) in [5.74, 6) is -0.302. The average Bonchev–Trinajstić information content (AvgIpc) is 2.84. The van der Waals surface area contributed by atoms with Crippen LogP contribution in [0.5, 0.6) is 0 Å². The van der Waals surface area contributed by atoms with Gasteiger partial charge in [0, 0.05) is 6.54 Å². The summed E-state index contributed by atoms with van der Waals surface area (Å²) in [5, 5.41) is 2.82. The molecule has 0 spiro atoms. The second-order valence-electron chi connectivity index (χ2n) is 4.93. The Hall–Kier alpha value is -2.14. The highest BCUT2D eigenvalue weighted by Gasteiger charge is 2.45. The fourth-order valence-electron chi connectivity index (χ4n) is 2.81. The molecule has 104 valence electrons. The Labute approximate surface area is 117 Å². The summed E-state index contributed by atoms with van der Waals surface area (Å²) in [6.07, 6.45) is 2.04. The van der Waals surface area contributed by atoms with E-state index in [0.717, 1.165) is 0 Å². The second-order valence-corrected chi connectivity index (χ2v) is 4.93. The minimum atomic E-state index is -0.560. The lowest BCUT2D eigenvalue weighted by atomic mass is 10.1. The molecule has 2 heterocycles. The number of para-hydroxylation sites is 1. The molecule has 5 heteroatoms. The van der Waals surface area contributed by atoms with Gasteiger partial charge in [-0.3, -0.25) is 9.59 Å². The first kappa shape index (κ1) is 12.9. The number of ether oxygens (including phenoxy) is 1. The smallest absolute Gasteiger partial charge is 0.256 e. The summed E-state index contributed by atoms with van der Waals surface area (Å²) in [6.45, 7) is 4.52. The van der Waals surface area contributed by atoms with Gasteiger partial charge in [0.25, 0.3) is 5.91 Å². The van der Waals surface area contributed by atoms with Gasteiger partial charge in [-0.15, -0.1) is 6.58 Å².